The zero-order valence-corrected chi connectivity index (χ0v) is 14.5. The van der Waals surface area contributed by atoms with Crippen molar-refractivity contribution in [1.82, 2.24) is 0 Å². The Labute approximate surface area is 132 Å². The van der Waals surface area contributed by atoms with Crippen molar-refractivity contribution in [3.63, 3.8) is 0 Å². The van der Waals surface area contributed by atoms with E-state index in [0.29, 0.717) is 6.10 Å². The molecule has 1 atom stereocenters. The Balaban J connectivity index is 1.71. The fourth-order valence-corrected chi connectivity index (χ4v) is 2.97. The summed E-state index contributed by atoms with van der Waals surface area (Å²) in [6, 6.07) is 0. The second-order valence-electron chi connectivity index (χ2n) is 6.66. The summed E-state index contributed by atoms with van der Waals surface area (Å²) in [4.78, 5) is 4.41. The SMILES string of the molecule is CCCCCCCCCCCCCCCC1=NCC(C)O1. The molecule has 0 saturated carbocycles. The molecular formula is C19H37NO. The standard InChI is InChI=1S/C19H37NO/c1-3-4-5-6-7-8-9-10-11-12-13-14-15-16-19-20-17-18(2)21-19/h18H,3-17H2,1-2H3. The highest BCUT2D eigenvalue weighted by atomic mass is 16.5. The van der Waals surface area contributed by atoms with E-state index in [-0.39, 0.29) is 0 Å². The van der Waals surface area contributed by atoms with Gasteiger partial charge in [0.2, 0.25) is 0 Å². The lowest BCUT2D eigenvalue weighted by molar-refractivity contribution is 0.238. The van der Waals surface area contributed by atoms with E-state index in [4.69, 9.17) is 4.74 Å². The first-order chi connectivity index (χ1) is 10.3. The second-order valence-corrected chi connectivity index (χ2v) is 6.66. The molecule has 1 rings (SSSR count). The first-order valence-corrected chi connectivity index (χ1v) is 9.53. The third kappa shape index (κ3) is 10.8. The molecule has 0 fully saturated rings. The van der Waals surface area contributed by atoms with E-state index in [1.165, 1.54) is 83.5 Å². The summed E-state index contributed by atoms with van der Waals surface area (Å²) in [7, 11) is 0. The molecule has 0 bridgehead atoms. The van der Waals surface area contributed by atoms with Crippen LogP contribution in [-0.4, -0.2) is 18.5 Å². The van der Waals surface area contributed by atoms with Gasteiger partial charge in [0.05, 0.1) is 6.54 Å². The third-order valence-electron chi connectivity index (χ3n) is 4.36. The van der Waals surface area contributed by atoms with Crippen LogP contribution in [0.2, 0.25) is 0 Å². The Hall–Kier alpha value is -0.530. The molecule has 0 radical (unpaired) electrons. The third-order valence-corrected chi connectivity index (χ3v) is 4.36. The van der Waals surface area contributed by atoms with Crippen LogP contribution in [0, 0.1) is 0 Å². The smallest absolute Gasteiger partial charge is 0.183 e. The highest BCUT2D eigenvalue weighted by Crippen LogP contribution is 2.14. The average Bonchev–Trinajstić information content (AvgIpc) is 2.89. The quantitative estimate of drug-likeness (QED) is 0.345. The Morgan fingerprint density at radius 3 is 1.71 bits per heavy atom. The number of aliphatic imine (C=N–C) groups is 1. The van der Waals surface area contributed by atoms with E-state index in [1.807, 2.05) is 0 Å². The van der Waals surface area contributed by atoms with Crippen molar-refractivity contribution in [2.45, 2.75) is 110 Å². The van der Waals surface area contributed by atoms with E-state index < -0.39 is 0 Å². The van der Waals surface area contributed by atoms with Crippen LogP contribution in [0.4, 0.5) is 0 Å². The zero-order chi connectivity index (χ0) is 15.2. The normalized spacial score (nSPS) is 17.8. The minimum absolute atomic E-state index is 0.321. The monoisotopic (exact) mass is 295 g/mol. The summed E-state index contributed by atoms with van der Waals surface area (Å²) < 4.78 is 5.62. The number of nitrogens with zero attached hydrogens (tertiary/aromatic N) is 1. The van der Waals surface area contributed by atoms with E-state index in [1.54, 1.807) is 0 Å². The highest BCUT2D eigenvalue weighted by Gasteiger charge is 2.13. The first-order valence-electron chi connectivity index (χ1n) is 9.53. The molecule has 1 heterocycles. The molecule has 0 aliphatic carbocycles. The minimum Gasteiger partial charge on any atom is -0.476 e. The molecule has 0 aromatic heterocycles. The summed E-state index contributed by atoms with van der Waals surface area (Å²) in [6.45, 7) is 5.25. The molecule has 2 nitrogen and oxygen atoms in total. The van der Waals surface area contributed by atoms with Gasteiger partial charge in [0.1, 0.15) is 6.10 Å². The van der Waals surface area contributed by atoms with Gasteiger partial charge in [-0.1, -0.05) is 84.0 Å². The lowest BCUT2D eigenvalue weighted by Crippen LogP contribution is -2.07. The highest BCUT2D eigenvalue weighted by molar-refractivity contribution is 5.77. The molecule has 0 N–H and O–H groups in total. The van der Waals surface area contributed by atoms with Gasteiger partial charge in [-0.05, 0) is 13.3 Å². The van der Waals surface area contributed by atoms with E-state index in [9.17, 15) is 0 Å². The lowest BCUT2D eigenvalue weighted by atomic mass is 10.0. The summed E-state index contributed by atoms with van der Waals surface area (Å²) in [6.07, 6.45) is 19.7. The Bertz CT molecular complexity index is 262. The largest absolute Gasteiger partial charge is 0.476 e. The van der Waals surface area contributed by atoms with Crippen molar-refractivity contribution in [1.29, 1.82) is 0 Å². The summed E-state index contributed by atoms with van der Waals surface area (Å²) in [5.41, 5.74) is 0. The van der Waals surface area contributed by atoms with Crippen LogP contribution in [0.3, 0.4) is 0 Å². The molecule has 1 aliphatic heterocycles. The van der Waals surface area contributed by atoms with Gasteiger partial charge < -0.3 is 4.74 Å². The summed E-state index contributed by atoms with van der Waals surface area (Å²) in [5, 5.41) is 0. The van der Waals surface area contributed by atoms with Crippen molar-refractivity contribution < 1.29 is 4.74 Å². The van der Waals surface area contributed by atoms with Gasteiger partial charge in [-0.15, -0.1) is 0 Å². The zero-order valence-electron chi connectivity index (χ0n) is 14.5. The molecule has 0 aromatic rings. The van der Waals surface area contributed by atoms with Crippen molar-refractivity contribution in [2.24, 2.45) is 4.99 Å². The lowest BCUT2D eigenvalue weighted by Gasteiger charge is -2.05. The van der Waals surface area contributed by atoms with Gasteiger partial charge in [-0.2, -0.15) is 0 Å². The molecule has 0 amide bonds. The van der Waals surface area contributed by atoms with Crippen LogP contribution in [-0.2, 0) is 4.74 Å². The predicted octanol–water partition coefficient (Wildman–Crippen LogP) is 6.28. The molecule has 124 valence electrons. The van der Waals surface area contributed by atoms with Crippen LogP contribution in [0.15, 0.2) is 4.99 Å². The van der Waals surface area contributed by atoms with Crippen LogP contribution in [0.5, 0.6) is 0 Å². The molecule has 1 unspecified atom stereocenters. The Morgan fingerprint density at radius 1 is 0.810 bits per heavy atom. The average molecular weight is 296 g/mol. The Kier molecular flexibility index (Phi) is 11.6. The number of hydrogen-bond donors (Lipinski definition) is 0. The van der Waals surface area contributed by atoms with E-state index in [2.05, 4.69) is 18.8 Å². The fourth-order valence-electron chi connectivity index (χ4n) is 2.97. The fraction of sp³-hybridized carbons (Fsp3) is 0.947. The first kappa shape index (κ1) is 18.5. The van der Waals surface area contributed by atoms with Crippen LogP contribution < -0.4 is 0 Å². The van der Waals surface area contributed by atoms with E-state index >= 15 is 0 Å². The van der Waals surface area contributed by atoms with Gasteiger partial charge in [-0.3, -0.25) is 4.99 Å². The topological polar surface area (TPSA) is 21.6 Å². The summed E-state index contributed by atoms with van der Waals surface area (Å²) >= 11 is 0. The van der Waals surface area contributed by atoms with Crippen LogP contribution in [0.25, 0.3) is 0 Å². The van der Waals surface area contributed by atoms with Crippen LogP contribution in [0.1, 0.15) is 104 Å². The number of hydrogen-bond acceptors (Lipinski definition) is 2. The summed E-state index contributed by atoms with van der Waals surface area (Å²) in [5.74, 6) is 1.01. The minimum atomic E-state index is 0.321. The van der Waals surface area contributed by atoms with Crippen molar-refractivity contribution in [3.8, 4) is 0 Å². The number of unbranched alkanes of at least 4 members (excludes halogenated alkanes) is 12. The van der Waals surface area contributed by atoms with Gasteiger partial charge in [-0.25, -0.2) is 0 Å². The molecule has 1 aliphatic rings. The molecule has 0 aromatic carbocycles. The van der Waals surface area contributed by atoms with Crippen LogP contribution >= 0.6 is 0 Å². The van der Waals surface area contributed by atoms with Crippen molar-refractivity contribution in [3.05, 3.63) is 0 Å². The van der Waals surface area contributed by atoms with Gasteiger partial charge in [0.15, 0.2) is 5.90 Å². The number of rotatable bonds is 14. The second kappa shape index (κ2) is 13.2. The van der Waals surface area contributed by atoms with Gasteiger partial charge in [0, 0.05) is 6.42 Å². The molecule has 21 heavy (non-hydrogen) atoms. The maximum absolute atomic E-state index is 5.62. The van der Waals surface area contributed by atoms with Gasteiger partial charge in [0.25, 0.3) is 0 Å². The molecular weight excluding hydrogens is 258 g/mol. The number of ether oxygens (including phenoxy) is 1. The molecule has 2 heteroatoms. The van der Waals surface area contributed by atoms with Gasteiger partial charge >= 0.3 is 0 Å². The van der Waals surface area contributed by atoms with Crippen molar-refractivity contribution >= 4 is 5.90 Å². The Morgan fingerprint density at radius 2 is 1.29 bits per heavy atom. The molecule has 0 spiro atoms. The maximum Gasteiger partial charge on any atom is 0.183 e. The maximum atomic E-state index is 5.62. The van der Waals surface area contributed by atoms with E-state index in [0.717, 1.165) is 18.9 Å². The predicted molar refractivity (Wildman–Crippen MR) is 93.2 cm³/mol. The molecule has 0 saturated heterocycles. The van der Waals surface area contributed by atoms with Crippen molar-refractivity contribution in [2.75, 3.05) is 6.54 Å².